The molecule has 1 aliphatic rings. The van der Waals surface area contributed by atoms with Gasteiger partial charge in [0, 0.05) is 24.9 Å². The van der Waals surface area contributed by atoms with Gasteiger partial charge in [-0.05, 0) is 36.2 Å². The number of amides is 1. The lowest BCUT2D eigenvalue weighted by atomic mass is 10.1. The Labute approximate surface area is 160 Å². The summed E-state index contributed by atoms with van der Waals surface area (Å²) >= 11 is 0. The van der Waals surface area contributed by atoms with Gasteiger partial charge in [-0.2, -0.15) is 0 Å². The number of benzene rings is 2. The molecule has 1 aromatic heterocycles. The largest absolute Gasteiger partial charge is 0.454 e. The van der Waals surface area contributed by atoms with Crippen molar-refractivity contribution in [1.82, 2.24) is 15.5 Å². The van der Waals surface area contributed by atoms with Crippen LogP contribution < -0.4 is 14.8 Å². The molecule has 0 spiro atoms. The Hall–Kier alpha value is -3.42. The van der Waals surface area contributed by atoms with Crippen molar-refractivity contribution in [3.8, 4) is 23.0 Å². The number of aryl methyl sites for hydroxylation is 1. The Morgan fingerprint density at radius 2 is 1.93 bits per heavy atom. The maximum Gasteiger partial charge on any atom is 0.247 e. The number of hydrogen-bond donors (Lipinski definition) is 1. The number of nitrogens with zero attached hydrogens (tertiary/aromatic N) is 2. The summed E-state index contributed by atoms with van der Waals surface area (Å²) in [5.74, 6) is 1.62. The van der Waals surface area contributed by atoms with E-state index in [2.05, 4.69) is 15.5 Å². The number of hydrogen-bond acceptors (Lipinski definition) is 6. The number of fused-ring (bicyclic) bond motifs is 1. The Kier molecular flexibility index (Phi) is 5.18. The van der Waals surface area contributed by atoms with Crippen LogP contribution in [0.3, 0.4) is 0 Å². The van der Waals surface area contributed by atoms with E-state index in [1.807, 2.05) is 0 Å². The minimum absolute atomic E-state index is 0.154. The second-order valence-corrected chi connectivity index (χ2v) is 6.26. The predicted octanol–water partition coefficient (Wildman–Crippen LogP) is 2.90. The Bertz CT molecular complexity index is 989. The first-order valence-electron chi connectivity index (χ1n) is 8.91. The number of halogens is 1. The molecule has 0 radical (unpaired) electrons. The van der Waals surface area contributed by atoms with E-state index in [1.54, 1.807) is 36.4 Å². The van der Waals surface area contributed by atoms with Crippen LogP contribution in [0, 0.1) is 5.82 Å². The molecule has 7 nitrogen and oxygen atoms in total. The predicted molar refractivity (Wildman–Crippen MR) is 97.3 cm³/mol. The molecule has 0 unspecified atom stereocenters. The van der Waals surface area contributed by atoms with E-state index >= 15 is 0 Å². The van der Waals surface area contributed by atoms with Crippen molar-refractivity contribution in [1.29, 1.82) is 0 Å². The molecule has 1 N–H and O–H groups in total. The van der Waals surface area contributed by atoms with Crippen molar-refractivity contribution in [2.24, 2.45) is 0 Å². The van der Waals surface area contributed by atoms with E-state index in [-0.39, 0.29) is 24.9 Å². The van der Waals surface area contributed by atoms with Gasteiger partial charge in [0.15, 0.2) is 11.5 Å². The quantitative estimate of drug-likeness (QED) is 0.675. The highest BCUT2D eigenvalue weighted by atomic mass is 19.1. The Morgan fingerprint density at radius 3 is 2.82 bits per heavy atom. The molecule has 0 atom stereocenters. The second-order valence-electron chi connectivity index (χ2n) is 6.26. The van der Waals surface area contributed by atoms with Crippen molar-refractivity contribution >= 4 is 5.91 Å². The molecule has 4 rings (SSSR count). The second kappa shape index (κ2) is 8.08. The van der Waals surface area contributed by atoms with Gasteiger partial charge in [0.05, 0.1) is 0 Å². The molecule has 1 amide bonds. The molecule has 2 heterocycles. The van der Waals surface area contributed by atoms with Gasteiger partial charge >= 0.3 is 0 Å². The number of rotatable bonds is 7. The summed E-state index contributed by atoms with van der Waals surface area (Å²) in [7, 11) is 0. The summed E-state index contributed by atoms with van der Waals surface area (Å²) in [6, 6.07) is 11.9. The van der Waals surface area contributed by atoms with Crippen LogP contribution in [0.4, 0.5) is 4.39 Å². The first-order valence-corrected chi connectivity index (χ1v) is 8.91. The number of ether oxygens (including phenoxy) is 2. The fourth-order valence-corrected chi connectivity index (χ4v) is 2.85. The normalized spacial score (nSPS) is 12.2. The van der Waals surface area contributed by atoms with Gasteiger partial charge in [0.1, 0.15) is 5.82 Å². The van der Waals surface area contributed by atoms with E-state index in [9.17, 15) is 9.18 Å². The molecule has 8 heteroatoms. The lowest BCUT2D eigenvalue weighted by Crippen LogP contribution is -2.26. The molecule has 28 heavy (non-hydrogen) atoms. The first-order chi connectivity index (χ1) is 13.7. The average Bonchev–Trinajstić information content (AvgIpc) is 3.36. The number of nitrogens with one attached hydrogen (secondary N) is 1. The lowest BCUT2D eigenvalue weighted by Gasteiger charge is -2.05. The minimum Gasteiger partial charge on any atom is -0.454 e. The summed E-state index contributed by atoms with van der Waals surface area (Å²) in [5, 5.41) is 10.8. The third kappa shape index (κ3) is 4.11. The molecule has 0 bridgehead atoms. The van der Waals surface area contributed by atoms with Crippen LogP contribution in [0.2, 0.25) is 0 Å². The third-order valence-electron chi connectivity index (χ3n) is 4.33. The Balaban J connectivity index is 1.26. The zero-order valence-electron chi connectivity index (χ0n) is 15.0. The highest BCUT2D eigenvalue weighted by Crippen LogP contribution is 2.35. The number of carbonyl (C=O) groups is 1. The van der Waals surface area contributed by atoms with E-state index < -0.39 is 0 Å². The van der Waals surface area contributed by atoms with Crippen LogP contribution in [0.1, 0.15) is 17.9 Å². The van der Waals surface area contributed by atoms with Gasteiger partial charge in [0.25, 0.3) is 0 Å². The van der Waals surface area contributed by atoms with Crippen LogP contribution in [-0.2, 0) is 17.6 Å². The fraction of sp³-hybridized carbons (Fsp3) is 0.250. The number of carbonyl (C=O) groups excluding carboxylic acids is 1. The zero-order valence-corrected chi connectivity index (χ0v) is 15.0. The maximum absolute atomic E-state index is 13.5. The molecule has 1 aliphatic heterocycles. The van der Waals surface area contributed by atoms with Gasteiger partial charge in [0.2, 0.25) is 24.5 Å². The van der Waals surface area contributed by atoms with Gasteiger partial charge in [-0.25, -0.2) is 4.39 Å². The van der Waals surface area contributed by atoms with E-state index in [1.165, 1.54) is 6.07 Å². The molecule has 0 fully saturated rings. The average molecular weight is 383 g/mol. The highest BCUT2D eigenvalue weighted by Gasteiger charge is 2.17. The molecular formula is C20H18FN3O4. The number of aromatic nitrogens is 2. The fourth-order valence-electron chi connectivity index (χ4n) is 2.85. The summed E-state index contributed by atoms with van der Waals surface area (Å²) < 4.78 is 29.8. The first kappa shape index (κ1) is 18.0. The van der Waals surface area contributed by atoms with Crippen molar-refractivity contribution in [3.05, 3.63) is 59.7 Å². The van der Waals surface area contributed by atoms with Crippen molar-refractivity contribution in [3.63, 3.8) is 0 Å². The van der Waals surface area contributed by atoms with Crippen molar-refractivity contribution in [2.75, 3.05) is 13.3 Å². The van der Waals surface area contributed by atoms with E-state index in [0.717, 1.165) is 5.56 Å². The minimum atomic E-state index is -0.265. The topological polar surface area (TPSA) is 86.5 Å². The molecular weight excluding hydrogens is 365 g/mol. The van der Waals surface area contributed by atoms with Crippen LogP contribution in [0.15, 0.2) is 46.9 Å². The van der Waals surface area contributed by atoms with Crippen LogP contribution in [0.5, 0.6) is 11.5 Å². The monoisotopic (exact) mass is 383 g/mol. The Morgan fingerprint density at radius 1 is 1.07 bits per heavy atom. The maximum atomic E-state index is 13.5. The van der Waals surface area contributed by atoms with Crippen LogP contribution >= 0.6 is 0 Å². The summed E-state index contributed by atoms with van der Waals surface area (Å²) in [6.45, 7) is 0.561. The van der Waals surface area contributed by atoms with Gasteiger partial charge in [-0.15, -0.1) is 10.2 Å². The molecule has 0 saturated heterocycles. The van der Waals surface area contributed by atoms with Crippen LogP contribution in [-0.4, -0.2) is 29.4 Å². The van der Waals surface area contributed by atoms with Gasteiger partial charge < -0.3 is 19.2 Å². The van der Waals surface area contributed by atoms with Gasteiger partial charge in [-0.1, -0.05) is 18.2 Å². The molecule has 3 aromatic rings. The van der Waals surface area contributed by atoms with E-state index in [0.29, 0.717) is 48.2 Å². The highest BCUT2D eigenvalue weighted by molar-refractivity contribution is 5.76. The molecule has 0 aliphatic carbocycles. The van der Waals surface area contributed by atoms with Gasteiger partial charge in [-0.3, -0.25) is 4.79 Å². The standard InChI is InChI=1S/C20H18FN3O4/c21-15-4-2-1-3-13(15)9-10-22-18(25)7-8-19-23-24-20(28-19)14-5-6-16-17(11-14)27-12-26-16/h1-6,11H,7-10,12H2,(H,22,25). The molecule has 0 saturated carbocycles. The summed E-state index contributed by atoms with van der Waals surface area (Å²) in [6.07, 6.45) is 0.969. The third-order valence-corrected chi connectivity index (χ3v) is 4.33. The lowest BCUT2D eigenvalue weighted by molar-refractivity contribution is -0.121. The van der Waals surface area contributed by atoms with E-state index in [4.69, 9.17) is 13.9 Å². The summed E-state index contributed by atoms with van der Waals surface area (Å²) in [4.78, 5) is 12.0. The van der Waals surface area contributed by atoms with Crippen molar-refractivity contribution < 1.29 is 23.1 Å². The molecule has 2 aromatic carbocycles. The SMILES string of the molecule is O=C(CCc1nnc(-c2ccc3c(c2)OCO3)o1)NCCc1ccccc1F. The van der Waals surface area contributed by atoms with Crippen LogP contribution in [0.25, 0.3) is 11.5 Å². The molecule has 144 valence electrons. The van der Waals surface area contributed by atoms with Crippen molar-refractivity contribution in [2.45, 2.75) is 19.3 Å². The summed E-state index contributed by atoms with van der Waals surface area (Å²) in [5.41, 5.74) is 1.30. The smallest absolute Gasteiger partial charge is 0.247 e. The zero-order chi connectivity index (χ0) is 19.3.